The van der Waals surface area contributed by atoms with Crippen LogP contribution in [0.2, 0.25) is 0 Å². The van der Waals surface area contributed by atoms with Gasteiger partial charge in [-0.1, -0.05) is 42.0 Å². The molecule has 1 N–H and O–H groups in total. The molecular weight excluding hydrogens is 404 g/mol. The Hall–Kier alpha value is -4.19. The Balaban J connectivity index is 1.62. The molecule has 6 heteroatoms. The maximum atomic E-state index is 13.5. The molecule has 1 aliphatic heterocycles. The van der Waals surface area contributed by atoms with Crippen LogP contribution in [0.4, 0.5) is 5.69 Å². The SMILES string of the molecule is CC(=O)c1cc2c(cc1NC(=O)c1cc(-c3ccccc3)nc3ccc(C)cc13)OCO2. The van der Waals surface area contributed by atoms with Crippen molar-refractivity contribution in [1.29, 1.82) is 0 Å². The van der Waals surface area contributed by atoms with Crippen LogP contribution in [0.15, 0.2) is 66.7 Å². The lowest BCUT2D eigenvalue weighted by Gasteiger charge is -2.13. The molecule has 2 heterocycles. The van der Waals surface area contributed by atoms with Crippen molar-refractivity contribution >= 4 is 28.3 Å². The van der Waals surface area contributed by atoms with Gasteiger partial charge in [-0.15, -0.1) is 0 Å². The standard InChI is InChI=1S/C26H20N2O4/c1-15-8-9-21-19(10-15)20(11-22(27-21)17-6-4-3-5-7-17)26(30)28-23-13-25-24(31-14-32-25)12-18(23)16(2)29/h3-13H,14H2,1-2H3,(H,28,30). The van der Waals surface area contributed by atoms with Gasteiger partial charge in [0.05, 0.1) is 22.5 Å². The van der Waals surface area contributed by atoms with Crippen LogP contribution in [-0.2, 0) is 0 Å². The first kappa shape index (κ1) is 19.8. The van der Waals surface area contributed by atoms with Crippen LogP contribution in [0.3, 0.4) is 0 Å². The van der Waals surface area contributed by atoms with E-state index in [0.29, 0.717) is 34.0 Å². The van der Waals surface area contributed by atoms with Crippen LogP contribution in [0.1, 0.15) is 33.2 Å². The fourth-order valence-corrected chi connectivity index (χ4v) is 3.81. The third kappa shape index (κ3) is 3.56. The number of ether oxygens (including phenoxy) is 2. The van der Waals surface area contributed by atoms with Crippen LogP contribution in [0, 0.1) is 6.92 Å². The van der Waals surface area contributed by atoms with Crippen LogP contribution in [-0.4, -0.2) is 23.5 Å². The van der Waals surface area contributed by atoms with E-state index in [1.54, 1.807) is 18.2 Å². The number of benzene rings is 3. The number of rotatable bonds is 4. The summed E-state index contributed by atoms with van der Waals surface area (Å²) < 4.78 is 10.8. The highest BCUT2D eigenvalue weighted by molar-refractivity contribution is 6.15. The zero-order chi connectivity index (χ0) is 22.2. The number of Topliss-reactive ketones (excluding diaryl/α,β-unsaturated/α-hetero) is 1. The summed E-state index contributed by atoms with van der Waals surface area (Å²) in [4.78, 5) is 30.5. The number of carbonyl (C=O) groups is 2. The number of fused-ring (bicyclic) bond motifs is 2. The zero-order valence-electron chi connectivity index (χ0n) is 17.6. The van der Waals surface area contributed by atoms with Crippen molar-refractivity contribution < 1.29 is 19.1 Å². The highest BCUT2D eigenvalue weighted by atomic mass is 16.7. The molecule has 1 aliphatic rings. The highest BCUT2D eigenvalue weighted by Gasteiger charge is 2.22. The Morgan fingerprint density at radius 2 is 1.66 bits per heavy atom. The maximum Gasteiger partial charge on any atom is 0.256 e. The van der Waals surface area contributed by atoms with Crippen molar-refractivity contribution in [2.45, 2.75) is 13.8 Å². The van der Waals surface area contributed by atoms with Crippen molar-refractivity contribution in [1.82, 2.24) is 4.98 Å². The quantitative estimate of drug-likeness (QED) is 0.444. The fourth-order valence-electron chi connectivity index (χ4n) is 3.81. The van der Waals surface area contributed by atoms with E-state index in [4.69, 9.17) is 14.5 Å². The number of nitrogens with one attached hydrogen (secondary N) is 1. The van der Waals surface area contributed by atoms with E-state index in [1.165, 1.54) is 6.92 Å². The van der Waals surface area contributed by atoms with Gasteiger partial charge >= 0.3 is 0 Å². The number of nitrogens with zero attached hydrogens (tertiary/aromatic N) is 1. The lowest BCUT2D eigenvalue weighted by molar-refractivity contribution is 0.101. The predicted molar refractivity (Wildman–Crippen MR) is 122 cm³/mol. The van der Waals surface area contributed by atoms with Crippen LogP contribution in [0.5, 0.6) is 11.5 Å². The molecular formula is C26H20N2O4. The molecule has 0 atom stereocenters. The van der Waals surface area contributed by atoms with Gasteiger partial charge in [0.1, 0.15) is 0 Å². The lowest BCUT2D eigenvalue weighted by Crippen LogP contribution is -2.15. The minimum absolute atomic E-state index is 0.0821. The zero-order valence-corrected chi connectivity index (χ0v) is 17.6. The molecule has 158 valence electrons. The number of ketones is 1. The van der Waals surface area contributed by atoms with Crippen molar-refractivity contribution in [3.8, 4) is 22.8 Å². The van der Waals surface area contributed by atoms with E-state index in [-0.39, 0.29) is 18.5 Å². The lowest BCUT2D eigenvalue weighted by atomic mass is 10.0. The summed E-state index contributed by atoms with van der Waals surface area (Å²) in [5.41, 5.74) is 4.57. The summed E-state index contributed by atoms with van der Waals surface area (Å²) >= 11 is 0. The van der Waals surface area contributed by atoms with Gasteiger partial charge in [-0.3, -0.25) is 9.59 Å². The molecule has 1 aromatic heterocycles. The molecule has 3 aromatic carbocycles. The third-order valence-corrected chi connectivity index (χ3v) is 5.42. The summed E-state index contributed by atoms with van der Waals surface area (Å²) in [5, 5.41) is 3.65. The Labute approximate surface area is 184 Å². The number of hydrogen-bond acceptors (Lipinski definition) is 5. The van der Waals surface area contributed by atoms with Crippen molar-refractivity contribution in [3.05, 3.63) is 83.4 Å². The number of anilines is 1. The van der Waals surface area contributed by atoms with Gasteiger partial charge < -0.3 is 14.8 Å². The number of aromatic nitrogens is 1. The number of aryl methyl sites for hydroxylation is 1. The second kappa shape index (κ2) is 7.81. The highest BCUT2D eigenvalue weighted by Crippen LogP contribution is 2.37. The van der Waals surface area contributed by atoms with E-state index in [1.807, 2.05) is 55.5 Å². The molecule has 0 bridgehead atoms. The Bertz CT molecular complexity index is 1380. The minimum atomic E-state index is -0.332. The molecule has 1 amide bonds. The van der Waals surface area contributed by atoms with E-state index < -0.39 is 0 Å². The van der Waals surface area contributed by atoms with Gasteiger partial charge in [-0.2, -0.15) is 0 Å². The average molecular weight is 424 g/mol. The first-order valence-corrected chi connectivity index (χ1v) is 10.2. The van der Waals surface area contributed by atoms with Gasteiger partial charge in [0.15, 0.2) is 17.3 Å². The largest absolute Gasteiger partial charge is 0.454 e. The third-order valence-electron chi connectivity index (χ3n) is 5.42. The number of carbonyl (C=O) groups excluding carboxylic acids is 2. The molecule has 32 heavy (non-hydrogen) atoms. The second-order valence-electron chi connectivity index (χ2n) is 7.70. The molecule has 0 spiro atoms. The molecule has 0 unspecified atom stereocenters. The van der Waals surface area contributed by atoms with Crippen LogP contribution in [0.25, 0.3) is 22.2 Å². The van der Waals surface area contributed by atoms with Gasteiger partial charge in [0.25, 0.3) is 5.91 Å². The second-order valence-corrected chi connectivity index (χ2v) is 7.70. The summed E-state index contributed by atoms with van der Waals surface area (Å²) in [7, 11) is 0. The maximum absolute atomic E-state index is 13.5. The van der Waals surface area contributed by atoms with Gasteiger partial charge in [0.2, 0.25) is 6.79 Å². The van der Waals surface area contributed by atoms with Gasteiger partial charge in [-0.25, -0.2) is 4.98 Å². The monoisotopic (exact) mass is 424 g/mol. The van der Waals surface area contributed by atoms with E-state index in [9.17, 15) is 9.59 Å². The molecule has 0 fully saturated rings. The normalized spacial score (nSPS) is 12.1. The first-order valence-electron chi connectivity index (χ1n) is 10.2. The van der Waals surface area contributed by atoms with Crippen molar-refractivity contribution in [2.75, 3.05) is 12.1 Å². The predicted octanol–water partition coefficient (Wildman–Crippen LogP) is 5.39. The van der Waals surface area contributed by atoms with E-state index in [0.717, 1.165) is 22.0 Å². The topological polar surface area (TPSA) is 77.5 Å². The summed E-state index contributed by atoms with van der Waals surface area (Å²) in [6, 6.07) is 20.5. The van der Waals surface area contributed by atoms with Crippen LogP contribution >= 0.6 is 0 Å². The Morgan fingerprint density at radius 1 is 0.906 bits per heavy atom. The van der Waals surface area contributed by atoms with E-state index in [2.05, 4.69) is 5.32 Å². The Kier molecular flexibility index (Phi) is 4.82. The van der Waals surface area contributed by atoms with Crippen molar-refractivity contribution in [3.63, 3.8) is 0 Å². The summed E-state index contributed by atoms with van der Waals surface area (Å²) in [5.74, 6) is 0.468. The van der Waals surface area contributed by atoms with E-state index >= 15 is 0 Å². The molecule has 0 radical (unpaired) electrons. The number of hydrogen-bond donors (Lipinski definition) is 1. The molecule has 0 saturated heterocycles. The summed E-state index contributed by atoms with van der Waals surface area (Å²) in [6.07, 6.45) is 0. The van der Waals surface area contributed by atoms with Gasteiger partial charge in [0, 0.05) is 22.6 Å². The summed E-state index contributed by atoms with van der Waals surface area (Å²) in [6.45, 7) is 3.50. The van der Waals surface area contributed by atoms with Gasteiger partial charge in [-0.05, 0) is 38.1 Å². The van der Waals surface area contributed by atoms with Crippen LogP contribution < -0.4 is 14.8 Å². The molecule has 0 saturated carbocycles. The molecule has 0 aliphatic carbocycles. The molecule has 4 aromatic rings. The average Bonchev–Trinajstić information content (AvgIpc) is 3.25. The smallest absolute Gasteiger partial charge is 0.256 e. The molecule has 5 rings (SSSR count). The minimum Gasteiger partial charge on any atom is -0.454 e. The van der Waals surface area contributed by atoms with Crippen molar-refractivity contribution in [2.24, 2.45) is 0 Å². The number of pyridine rings is 1. The number of amides is 1. The first-order chi connectivity index (χ1) is 15.5. The fraction of sp³-hybridized carbons (Fsp3) is 0.115. The molecule has 6 nitrogen and oxygen atoms in total. The Morgan fingerprint density at radius 3 is 2.41 bits per heavy atom.